The van der Waals surface area contributed by atoms with E-state index >= 15 is 0 Å². The van der Waals surface area contributed by atoms with Crippen LogP contribution in [0.2, 0.25) is 0 Å². The van der Waals surface area contributed by atoms with Crippen molar-refractivity contribution in [3.8, 4) is 23.0 Å². The monoisotopic (exact) mass is 471 g/mol. The molecular formula is C24H25NO7S. The van der Waals surface area contributed by atoms with Crippen LogP contribution < -0.4 is 18.9 Å². The average Bonchev–Trinajstić information content (AvgIpc) is 3.33. The lowest BCUT2D eigenvalue weighted by Crippen LogP contribution is -2.41. The fourth-order valence-corrected chi connectivity index (χ4v) is 6.42. The number of rotatable bonds is 4. The highest BCUT2D eigenvalue weighted by Gasteiger charge is 2.37. The van der Waals surface area contributed by atoms with Crippen LogP contribution in [0.25, 0.3) is 6.08 Å². The number of carbonyl (C=O) groups excluding carboxylic acids is 1. The Hall–Kier alpha value is -3.04. The number of allylic oxidation sites excluding steroid dienone is 1. The molecule has 0 aliphatic carbocycles. The van der Waals surface area contributed by atoms with E-state index in [1.165, 1.54) is 0 Å². The Morgan fingerprint density at radius 3 is 2.61 bits per heavy atom. The summed E-state index contributed by atoms with van der Waals surface area (Å²) in [6.07, 6.45) is 2.28. The average molecular weight is 472 g/mol. The third-order valence-corrected chi connectivity index (χ3v) is 8.15. The van der Waals surface area contributed by atoms with Crippen molar-refractivity contribution in [1.29, 1.82) is 0 Å². The van der Waals surface area contributed by atoms with Gasteiger partial charge in [-0.3, -0.25) is 9.69 Å². The highest BCUT2D eigenvalue weighted by atomic mass is 32.2. The first-order valence-corrected chi connectivity index (χ1v) is 12.5. The standard InChI is InChI=1S/C24H25NO7S/c1-14-23-16(11-25(13-31-23)17-6-7-33(27,28)12-17)10-18-22(26)21(32-24(14)18)9-15-4-5-19(29-2)20(8-15)30-3/h4-5,8-10,17H,6-7,11-13H2,1-3H3/b21-9+/t17-/m1/s1. The molecule has 9 heteroatoms. The number of ether oxygens (including phenoxy) is 4. The first-order valence-electron chi connectivity index (χ1n) is 10.7. The largest absolute Gasteiger partial charge is 0.493 e. The van der Waals surface area contributed by atoms with Gasteiger partial charge < -0.3 is 18.9 Å². The minimum atomic E-state index is -2.99. The predicted octanol–water partition coefficient (Wildman–Crippen LogP) is 2.97. The molecule has 33 heavy (non-hydrogen) atoms. The minimum absolute atomic E-state index is 0.0656. The zero-order chi connectivity index (χ0) is 23.3. The van der Waals surface area contributed by atoms with Gasteiger partial charge in [0.1, 0.15) is 18.2 Å². The maximum Gasteiger partial charge on any atom is 0.231 e. The van der Waals surface area contributed by atoms with Gasteiger partial charge in [0.05, 0.1) is 31.3 Å². The molecule has 0 saturated carbocycles. The molecule has 1 fully saturated rings. The normalized spacial score (nSPS) is 22.5. The summed E-state index contributed by atoms with van der Waals surface area (Å²) in [7, 11) is 0.130. The van der Waals surface area contributed by atoms with Gasteiger partial charge in [0.15, 0.2) is 27.1 Å². The van der Waals surface area contributed by atoms with Crippen LogP contribution in [0, 0.1) is 6.92 Å². The Bertz CT molecular complexity index is 1280. The Morgan fingerprint density at radius 2 is 1.91 bits per heavy atom. The fraction of sp³-hybridized carbons (Fsp3) is 0.375. The molecule has 3 aliphatic rings. The number of sulfone groups is 1. The van der Waals surface area contributed by atoms with Crippen LogP contribution in [0.4, 0.5) is 0 Å². The van der Waals surface area contributed by atoms with E-state index in [2.05, 4.69) is 0 Å². The highest BCUT2D eigenvalue weighted by Crippen LogP contribution is 2.44. The summed E-state index contributed by atoms with van der Waals surface area (Å²) < 4.78 is 46.4. The minimum Gasteiger partial charge on any atom is -0.493 e. The van der Waals surface area contributed by atoms with E-state index in [1.807, 2.05) is 24.0 Å². The molecule has 0 radical (unpaired) electrons. The lowest BCUT2D eigenvalue weighted by atomic mass is 9.99. The second kappa shape index (κ2) is 8.07. The zero-order valence-corrected chi connectivity index (χ0v) is 19.5. The third kappa shape index (κ3) is 3.85. The lowest BCUT2D eigenvalue weighted by molar-refractivity contribution is 0.0637. The van der Waals surface area contributed by atoms with Crippen molar-refractivity contribution in [2.45, 2.75) is 25.9 Å². The number of ketones is 1. The SMILES string of the molecule is COc1ccc(/C=C2/Oc3c(cc4c(c3C)OCN([C@@H]3CCS(=O)(=O)C3)C4)C2=O)cc1OC. The topological polar surface area (TPSA) is 91.4 Å². The van der Waals surface area contributed by atoms with E-state index in [1.54, 1.807) is 32.4 Å². The van der Waals surface area contributed by atoms with Gasteiger partial charge in [0.25, 0.3) is 0 Å². The molecule has 174 valence electrons. The zero-order valence-electron chi connectivity index (χ0n) is 18.7. The van der Waals surface area contributed by atoms with Crippen molar-refractivity contribution in [2.24, 2.45) is 0 Å². The molecule has 5 rings (SSSR count). The second-order valence-corrected chi connectivity index (χ2v) is 10.7. The lowest BCUT2D eigenvalue weighted by Gasteiger charge is -2.33. The maximum atomic E-state index is 13.2. The summed E-state index contributed by atoms with van der Waals surface area (Å²) in [6, 6.07) is 7.12. The number of carbonyl (C=O) groups is 1. The second-order valence-electron chi connectivity index (χ2n) is 8.50. The van der Waals surface area contributed by atoms with Gasteiger partial charge in [-0.05, 0) is 43.2 Å². The van der Waals surface area contributed by atoms with Crippen molar-refractivity contribution in [3.05, 3.63) is 52.3 Å². The molecule has 8 nitrogen and oxygen atoms in total. The van der Waals surface area contributed by atoms with Crippen LogP contribution in [-0.4, -0.2) is 57.6 Å². The first kappa shape index (κ1) is 21.8. The Morgan fingerprint density at radius 1 is 1.12 bits per heavy atom. The number of hydrogen-bond donors (Lipinski definition) is 0. The molecule has 0 bridgehead atoms. The Balaban J connectivity index is 1.43. The quantitative estimate of drug-likeness (QED) is 0.629. The molecule has 3 heterocycles. The van der Waals surface area contributed by atoms with Crippen LogP contribution >= 0.6 is 0 Å². The summed E-state index contributed by atoms with van der Waals surface area (Å²) in [5.74, 6) is 2.74. The van der Waals surface area contributed by atoms with Gasteiger partial charge in [-0.25, -0.2) is 8.42 Å². The van der Waals surface area contributed by atoms with Crippen molar-refractivity contribution in [2.75, 3.05) is 32.5 Å². The molecule has 3 aliphatic heterocycles. The molecular weight excluding hydrogens is 446 g/mol. The molecule has 1 atom stereocenters. The molecule has 0 amide bonds. The Labute approximate surface area is 192 Å². The smallest absolute Gasteiger partial charge is 0.231 e. The van der Waals surface area contributed by atoms with Gasteiger partial charge in [0.2, 0.25) is 5.78 Å². The van der Waals surface area contributed by atoms with E-state index < -0.39 is 9.84 Å². The fourth-order valence-electron chi connectivity index (χ4n) is 4.66. The number of Topliss-reactive ketones (excluding diaryl/α,β-unsaturated/α-hetero) is 1. The number of hydrogen-bond acceptors (Lipinski definition) is 8. The van der Waals surface area contributed by atoms with Crippen LogP contribution in [0.15, 0.2) is 30.0 Å². The first-order chi connectivity index (χ1) is 15.8. The van der Waals surface area contributed by atoms with Crippen LogP contribution in [0.5, 0.6) is 23.0 Å². The number of methoxy groups -OCH3 is 2. The van der Waals surface area contributed by atoms with Gasteiger partial charge in [-0.2, -0.15) is 0 Å². The van der Waals surface area contributed by atoms with Gasteiger partial charge in [-0.15, -0.1) is 0 Å². The molecule has 1 saturated heterocycles. The van der Waals surface area contributed by atoms with E-state index in [-0.39, 0.29) is 29.1 Å². The molecule has 2 aromatic rings. The predicted molar refractivity (Wildman–Crippen MR) is 122 cm³/mol. The molecule has 2 aromatic carbocycles. The van der Waals surface area contributed by atoms with Crippen molar-refractivity contribution >= 4 is 21.7 Å². The third-order valence-electron chi connectivity index (χ3n) is 6.39. The van der Waals surface area contributed by atoms with Gasteiger partial charge in [0, 0.05) is 23.7 Å². The number of nitrogens with zero attached hydrogens (tertiary/aromatic N) is 1. The van der Waals surface area contributed by atoms with Crippen molar-refractivity contribution < 1.29 is 32.2 Å². The van der Waals surface area contributed by atoms with Crippen molar-refractivity contribution in [1.82, 2.24) is 4.90 Å². The van der Waals surface area contributed by atoms with Crippen LogP contribution in [-0.2, 0) is 16.4 Å². The molecule has 0 spiro atoms. The molecule has 0 aromatic heterocycles. The summed E-state index contributed by atoms with van der Waals surface area (Å²) in [5, 5.41) is 0. The summed E-state index contributed by atoms with van der Waals surface area (Å²) >= 11 is 0. The summed E-state index contributed by atoms with van der Waals surface area (Å²) in [4.78, 5) is 15.2. The summed E-state index contributed by atoms with van der Waals surface area (Å²) in [6.45, 7) is 2.72. The van der Waals surface area contributed by atoms with Gasteiger partial charge >= 0.3 is 0 Å². The maximum absolute atomic E-state index is 13.2. The molecule has 0 N–H and O–H groups in total. The van der Waals surface area contributed by atoms with E-state index in [9.17, 15) is 13.2 Å². The van der Waals surface area contributed by atoms with E-state index in [0.29, 0.717) is 48.3 Å². The van der Waals surface area contributed by atoms with E-state index in [0.717, 1.165) is 16.7 Å². The summed E-state index contributed by atoms with van der Waals surface area (Å²) in [5.41, 5.74) is 2.87. The molecule has 0 unspecified atom stereocenters. The van der Waals surface area contributed by atoms with E-state index in [4.69, 9.17) is 18.9 Å². The Kier molecular flexibility index (Phi) is 5.33. The number of benzene rings is 2. The van der Waals surface area contributed by atoms with Crippen LogP contribution in [0.3, 0.4) is 0 Å². The van der Waals surface area contributed by atoms with Crippen molar-refractivity contribution in [3.63, 3.8) is 0 Å². The van der Waals surface area contributed by atoms with Gasteiger partial charge in [-0.1, -0.05) is 6.07 Å². The highest BCUT2D eigenvalue weighted by molar-refractivity contribution is 7.91. The van der Waals surface area contributed by atoms with Crippen LogP contribution in [0.1, 0.15) is 33.5 Å². The number of fused-ring (bicyclic) bond motifs is 2.